The zero-order chi connectivity index (χ0) is 13.9. The van der Waals surface area contributed by atoms with Crippen LogP contribution in [0.3, 0.4) is 0 Å². The molecule has 2 N–H and O–H groups in total. The molecule has 0 radical (unpaired) electrons. The highest BCUT2D eigenvalue weighted by atomic mass is 32.1. The Bertz CT molecular complexity index is 434. The zero-order valence-electron chi connectivity index (χ0n) is 11.1. The molecular weight excluding hydrogens is 250 g/mol. The second-order valence-corrected chi connectivity index (χ2v) is 5.78. The lowest BCUT2D eigenvalue weighted by Crippen LogP contribution is -2.44. The van der Waals surface area contributed by atoms with Crippen LogP contribution in [-0.2, 0) is 4.79 Å². The summed E-state index contributed by atoms with van der Waals surface area (Å²) >= 11 is 1.39. The van der Waals surface area contributed by atoms with Gasteiger partial charge in [-0.2, -0.15) is 0 Å². The minimum Gasteiger partial charge on any atom is -0.480 e. The van der Waals surface area contributed by atoms with E-state index in [-0.39, 0.29) is 11.8 Å². The number of carbonyl (C=O) groups is 2. The van der Waals surface area contributed by atoms with Gasteiger partial charge in [-0.1, -0.05) is 20.3 Å². The molecule has 0 aliphatic rings. The standard InChI is InChI=1S/C13H19NO3S/c1-5-7(2)11(13(16)17)14-12(15)10-6-8(3)9(4)18-10/h6-7,11H,5H2,1-4H3,(H,14,15)(H,16,17)/t7-,11-/m0/s1. The first kappa shape index (κ1) is 14.7. The summed E-state index contributed by atoms with van der Waals surface area (Å²) in [6.07, 6.45) is 0.708. The molecule has 1 aromatic heterocycles. The summed E-state index contributed by atoms with van der Waals surface area (Å²) in [6.45, 7) is 7.61. The van der Waals surface area contributed by atoms with E-state index in [9.17, 15) is 9.59 Å². The van der Waals surface area contributed by atoms with Gasteiger partial charge in [0.2, 0.25) is 0 Å². The van der Waals surface area contributed by atoms with Crippen LogP contribution in [0.1, 0.15) is 40.4 Å². The maximum Gasteiger partial charge on any atom is 0.326 e. The van der Waals surface area contributed by atoms with Gasteiger partial charge in [0.15, 0.2) is 0 Å². The second-order valence-electron chi connectivity index (χ2n) is 4.52. The Morgan fingerprint density at radius 2 is 2.06 bits per heavy atom. The van der Waals surface area contributed by atoms with E-state index in [1.165, 1.54) is 11.3 Å². The average molecular weight is 269 g/mol. The first-order valence-corrected chi connectivity index (χ1v) is 6.79. The molecule has 0 aliphatic carbocycles. The Morgan fingerprint density at radius 3 is 2.44 bits per heavy atom. The fraction of sp³-hybridized carbons (Fsp3) is 0.538. The van der Waals surface area contributed by atoms with E-state index >= 15 is 0 Å². The Morgan fingerprint density at radius 1 is 1.44 bits per heavy atom. The molecule has 0 bridgehead atoms. The van der Waals surface area contributed by atoms with E-state index in [0.29, 0.717) is 11.3 Å². The van der Waals surface area contributed by atoms with Crippen molar-refractivity contribution in [3.8, 4) is 0 Å². The highest BCUT2D eigenvalue weighted by Crippen LogP contribution is 2.21. The molecule has 1 aromatic rings. The van der Waals surface area contributed by atoms with Crippen molar-refractivity contribution in [1.29, 1.82) is 0 Å². The third-order valence-electron chi connectivity index (χ3n) is 3.16. The number of aliphatic carboxylic acids is 1. The number of carboxylic acids is 1. The Balaban J connectivity index is 2.81. The largest absolute Gasteiger partial charge is 0.480 e. The van der Waals surface area contributed by atoms with Crippen LogP contribution < -0.4 is 5.32 Å². The normalized spacial score (nSPS) is 14.0. The van der Waals surface area contributed by atoms with Crippen molar-refractivity contribution in [2.24, 2.45) is 5.92 Å². The number of hydrogen-bond acceptors (Lipinski definition) is 3. The lowest BCUT2D eigenvalue weighted by Gasteiger charge is -2.19. The number of amides is 1. The molecule has 0 saturated heterocycles. The average Bonchev–Trinajstić information content (AvgIpc) is 2.65. The maximum absolute atomic E-state index is 12.0. The van der Waals surface area contributed by atoms with E-state index in [1.807, 2.05) is 27.7 Å². The summed E-state index contributed by atoms with van der Waals surface area (Å²) < 4.78 is 0. The van der Waals surface area contributed by atoms with Gasteiger partial charge in [0.25, 0.3) is 5.91 Å². The first-order chi connectivity index (χ1) is 8.36. The molecule has 1 rings (SSSR count). The zero-order valence-corrected chi connectivity index (χ0v) is 11.9. The van der Waals surface area contributed by atoms with Gasteiger partial charge < -0.3 is 10.4 Å². The topological polar surface area (TPSA) is 66.4 Å². The van der Waals surface area contributed by atoms with Gasteiger partial charge >= 0.3 is 5.97 Å². The monoisotopic (exact) mass is 269 g/mol. The number of carbonyl (C=O) groups excluding carboxylic acids is 1. The lowest BCUT2D eigenvalue weighted by atomic mass is 9.99. The molecule has 1 heterocycles. The quantitative estimate of drug-likeness (QED) is 0.863. The molecule has 4 nitrogen and oxygen atoms in total. The highest BCUT2D eigenvalue weighted by molar-refractivity contribution is 7.14. The molecule has 0 aliphatic heterocycles. The van der Waals surface area contributed by atoms with E-state index < -0.39 is 12.0 Å². The molecule has 0 unspecified atom stereocenters. The number of carboxylic acid groups (broad SMARTS) is 1. The van der Waals surface area contributed by atoms with Crippen LogP contribution >= 0.6 is 11.3 Å². The fourth-order valence-corrected chi connectivity index (χ4v) is 2.52. The molecule has 100 valence electrons. The summed E-state index contributed by atoms with van der Waals surface area (Å²) in [7, 11) is 0. The molecule has 18 heavy (non-hydrogen) atoms. The Kier molecular flexibility index (Phi) is 4.90. The smallest absolute Gasteiger partial charge is 0.326 e. The second kappa shape index (κ2) is 6.00. The third-order valence-corrected chi connectivity index (χ3v) is 4.31. The van der Waals surface area contributed by atoms with Crippen molar-refractivity contribution in [3.63, 3.8) is 0 Å². The number of thiophene rings is 1. The maximum atomic E-state index is 12.0. The van der Waals surface area contributed by atoms with Gasteiger partial charge in [0.1, 0.15) is 6.04 Å². The van der Waals surface area contributed by atoms with E-state index in [2.05, 4.69) is 5.32 Å². The van der Waals surface area contributed by atoms with Crippen molar-refractivity contribution in [3.05, 3.63) is 21.4 Å². The van der Waals surface area contributed by atoms with Crippen LogP contribution in [0, 0.1) is 19.8 Å². The predicted molar refractivity (Wildman–Crippen MR) is 72.1 cm³/mol. The summed E-state index contributed by atoms with van der Waals surface area (Å²) in [4.78, 5) is 24.8. The SMILES string of the molecule is CC[C@H](C)[C@H](NC(=O)c1cc(C)c(C)s1)C(=O)O. The minimum absolute atomic E-state index is 0.0893. The van der Waals surface area contributed by atoms with Crippen LogP contribution in [0.25, 0.3) is 0 Å². The van der Waals surface area contributed by atoms with Gasteiger partial charge in [-0.25, -0.2) is 4.79 Å². The van der Waals surface area contributed by atoms with Crippen LogP contribution in [0.4, 0.5) is 0 Å². The number of aryl methyl sites for hydroxylation is 2. The molecular formula is C13H19NO3S. The molecule has 0 saturated carbocycles. The fourth-order valence-electron chi connectivity index (χ4n) is 1.58. The number of rotatable bonds is 5. The molecule has 5 heteroatoms. The van der Waals surface area contributed by atoms with Gasteiger partial charge in [0.05, 0.1) is 4.88 Å². The minimum atomic E-state index is -0.984. The van der Waals surface area contributed by atoms with Crippen molar-refractivity contribution in [1.82, 2.24) is 5.32 Å². The van der Waals surface area contributed by atoms with Crippen LogP contribution in [0.5, 0.6) is 0 Å². The van der Waals surface area contributed by atoms with E-state index in [4.69, 9.17) is 5.11 Å². The molecule has 0 fully saturated rings. The van der Waals surface area contributed by atoms with Crippen LogP contribution in [-0.4, -0.2) is 23.0 Å². The van der Waals surface area contributed by atoms with Crippen molar-refractivity contribution >= 4 is 23.2 Å². The number of nitrogens with one attached hydrogen (secondary N) is 1. The molecule has 1 amide bonds. The molecule has 2 atom stereocenters. The van der Waals surface area contributed by atoms with E-state index in [0.717, 1.165) is 10.4 Å². The van der Waals surface area contributed by atoms with Gasteiger partial charge in [-0.05, 0) is 31.4 Å². The first-order valence-electron chi connectivity index (χ1n) is 5.97. The van der Waals surface area contributed by atoms with Crippen LogP contribution in [0.2, 0.25) is 0 Å². The third kappa shape index (κ3) is 3.32. The van der Waals surface area contributed by atoms with Crippen molar-refractivity contribution in [2.75, 3.05) is 0 Å². The van der Waals surface area contributed by atoms with Gasteiger partial charge in [-0.15, -0.1) is 11.3 Å². The van der Waals surface area contributed by atoms with Crippen molar-refractivity contribution in [2.45, 2.75) is 40.2 Å². The van der Waals surface area contributed by atoms with Gasteiger partial charge in [-0.3, -0.25) is 4.79 Å². The molecule has 0 spiro atoms. The summed E-state index contributed by atoms with van der Waals surface area (Å²) in [5.74, 6) is -1.37. The summed E-state index contributed by atoms with van der Waals surface area (Å²) in [5.41, 5.74) is 1.06. The van der Waals surface area contributed by atoms with Gasteiger partial charge in [0, 0.05) is 4.88 Å². The Hall–Kier alpha value is -1.36. The highest BCUT2D eigenvalue weighted by Gasteiger charge is 2.26. The summed E-state index contributed by atoms with van der Waals surface area (Å²) in [5, 5.41) is 11.7. The number of hydrogen-bond donors (Lipinski definition) is 2. The molecule has 0 aromatic carbocycles. The summed E-state index contributed by atoms with van der Waals surface area (Å²) in [6, 6.07) is 0.968. The van der Waals surface area contributed by atoms with Crippen LogP contribution in [0.15, 0.2) is 6.07 Å². The van der Waals surface area contributed by atoms with Crippen molar-refractivity contribution < 1.29 is 14.7 Å². The van der Waals surface area contributed by atoms with E-state index in [1.54, 1.807) is 6.07 Å². The lowest BCUT2D eigenvalue weighted by molar-refractivity contribution is -0.140. The Labute approximate surface area is 111 Å². The predicted octanol–water partition coefficient (Wildman–Crippen LogP) is 2.59.